The van der Waals surface area contributed by atoms with Crippen molar-refractivity contribution in [2.75, 3.05) is 26.2 Å². The molecule has 1 aliphatic rings. The van der Waals surface area contributed by atoms with Gasteiger partial charge in [-0.05, 0) is 17.9 Å². The van der Waals surface area contributed by atoms with Crippen LogP contribution in [-0.2, 0) is 23.0 Å². The summed E-state index contributed by atoms with van der Waals surface area (Å²) in [5.41, 5.74) is 0. The minimum absolute atomic E-state index is 0.409. The largest absolute Gasteiger partial charge is 0.338 e. The molecule has 2 aromatic heterocycles. The Bertz CT molecular complexity index is 719. The molecule has 0 spiro atoms. The summed E-state index contributed by atoms with van der Waals surface area (Å²) < 4.78 is 32.1. The van der Waals surface area contributed by atoms with E-state index >= 15 is 0 Å². The van der Waals surface area contributed by atoms with Crippen LogP contribution in [0.5, 0.6) is 0 Å². The molecule has 7 nitrogen and oxygen atoms in total. The molecular weight excluding hydrogens is 336 g/mol. The van der Waals surface area contributed by atoms with Gasteiger partial charge in [0.2, 0.25) is 5.89 Å². The SMILES string of the molecule is CCCc1noc(CN2CCN(S(=O)(=O)c3cccs3)CC2)n1. The van der Waals surface area contributed by atoms with E-state index in [0.717, 1.165) is 18.7 Å². The van der Waals surface area contributed by atoms with Crippen molar-refractivity contribution in [2.45, 2.75) is 30.5 Å². The predicted octanol–water partition coefficient (Wildman–Crippen LogP) is 1.59. The van der Waals surface area contributed by atoms with E-state index in [9.17, 15) is 8.42 Å². The average Bonchev–Trinajstić information content (AvgIpc) is 3.20. The third kappa shape index (κ3) is 3.79. The van der Waals surface area contributed by atoms with Crippen molar-refractivity contribution in [3.63, 3.8) is 0 Å². The summed E-state index contributed by atoms with van der Waals surface area (Å²) in [6.07, 6.45) is 1.80. The molecule has 0 radical (unpaired) electrons. The molecule has 0 aliphatic carbocycles. The smallest absolute Gasteiger partial charge is 0.252 e. The third-order valence-electron chi connectivity index (χ3n) is 3.76. The zero-order valence-electron chi connectivity index (χ0n) is 13.0. The molecule has 2 aromatic rings. The number of sulfonamides is 1. The molecule has 0 aromatic carbocycles. The molecule has 1 saturated heterocycles. The number of aromatic nitrogens is 2. The maximum absolute atomic E-state index is 12.5. The molecule has 126 valence electrons. The first-order valence-corrected chi connectivity index (χ1v) is 9.99. The van der Waals surface area contributed by atoms with E-state index in [1.54, 1.807) is 21.8 Å². The lowest BCUT2D eigenvalue weighted by Crippen LogP contribution is -2.48. The summed E-state index contributed by atoms with van der Waals surface area (Å²) in [6, 6.07) is 3.41. The van der Waals surface area contributed by atoms with Crippen molar-refractivity contribution in [1.29, 1.82) is 0 Å². The summed E-state index contributed by atoms with van der Waals surface area (Å²) in [5.74, 6) is 1.34. The number of rotatable bonds is 6. The fraction of sp³-hybridized carbons (Fsp3) is 0.571. The highest BCUT2D eigenvalue weighted by Crippen LogP contribution is 2.22. The van der Waals surface area contributed by atoms with Crippen LogP contribution >= 0.6 is 11.3 Å². The second-order valence-electron chi connectivity index (χ2n) is 5.47. The Morgan fingerprint density at radius 3 is 2.74 bits per heavy atom. The number of nitrogens with zero attached hydrogens (tertiary/aromatic N) is 4. The minimum atomic E-state index is -3.34. The van der Waals surface area contributed by atoms with Gasteiger partial charge in [0.25, 0.3) is 10.0 Å². The van der Waals surface area contributed by atoms with Gasteiger partial charge in [0.05, 0.1) is 6.54 Å². The zero-order chi connectivity index (χ0) is 16.3. The van der Waals surface area contributed by atoms with Gasteiger partial charge in [0.1, 0.15) is 4.21 Å². The summed E-state index contributed by atoms with van der Waals surface area (Å²) in [7, 11) is -3.34. The summed E-state index contributed by atoms with van der Waals surface area (Å²) in [6.45, 7) is 4.94. The molecule has 1 aliphatic heterocycles. The molecule has 9 heteroatoms. The highest BCUT2D eigenvalue weighted by atomic mass is 32.2. The van der Waals surface area contributed by atoms with Gasteiger partial charge < -0.3 is 4.52 Å². The second kappa shape index (κ2) is 7.08. The van der Waals surface area contributed by atoms with Crippen LogP contribution < -0.4 is 0 Å². The van der Waals surface area contributed by atoms with Gasteiger partial charge in [-0.3, -0.25) is 4.90 Å². The van der Waals surface area contributed by atoms with Crippen molar-refractivity contribution in [1.82, 2.24) is 19.3 Å². The van der Waals surface area contributed by atoms with E-state index in [1.165, 1.54) is 11.3 Å². The van der Waals surface area contributed by atoms with Gasteiger partial charge in [0.15, 0.2) is 5.82 Å². The third-order valence-corrected chi connectivity index (χ3v) is 7.03. The number of hydrogen-bond donors (Lipinski definition) is 0. The van der Waals surface area contributed by atoms with E-state index in [2.05, 4.69) is 22.0 Å². The van der Waals surface area contributed by atoms with Crippen LogP contribution in [0.3, 0.4) is 0 Å². The lowest BCUT2D eigenvalue weighted by molar-refractivity contribution is 0.163. The zero-order valence-corrected chi connectivity index (χ0v) is 14.6. The van der Waals surface area contributed by atoms with Crippen molar-refractivity contribution in [3.05, 3.63) is 29.2 Å². The Hall–Kier alpha value is -1.29. The van der Waals surface area contributed by atoms with E-state index < -0.39 is 10.0 Å². The molecule has 0 atom stereocenters. The average molecular weight is 356 g/mol. The maximum atomic E-state index is 12.5. The van der Waals surface area contributed by atoms with Crippen molar-refractivity contribution in [2.24, 2.45) is 0 Å². The molecule has 23 heavy (non-hydrogen) atoms. The first-order chi connectivity index (χ1) is 11.1. The van der Waals surface area contributed by atoms with Gasteiger partial charge in [-0.15, -0.1) is 11.3 Å². The van der Waals surface area contributed by atoms with E-state index in [4.69, 9.17) is 4.52 Å². The van der Waals surface area contributed by atoms with Crippen LogP contribution in [0.2, 0.25) is 0 Å². The minimum Gasteiger partial charge on any atom is -0.338 e. The number of piperazine rings is 1. The standard InChI is InChI=1S/C14H20N4O3S2/c1-2-4-12-15-13(21-16-12)11-17-6-8-18(9-7-17)23(19,20)14-5-3-10-22-14/h3,5,10H,2,4,6-9,11H2,1H3. The first kappa shape index (κ1) is 16.6. The van der Waals surface area contributed by atoms with Crippen molar-refractivity contribution >= 4 is 21.4 Å². The first-order valence-electron chi connectivity index (χ1n) is 7.67. The van der Waals surface area contributed by atoms with Crippen molar-refractivity contribution < 1.29 is 12.9 Å². The van der Waals surface area contributed by atoms with Crippen LogP contribution in [-0.4, -0.2) is 53.9 Å². The van der Waals surface area contributed by atoms with Gasteiger partial charge in [-0.2, -0.15) is 9.29 Å². The lowest BCUT2D eigenvalue weighted by atomic mass is 10.3. The van der Waals surface area contributed by atoms with E-state index in [1.807, 2.05) is 0 Å². The highest BCUT2D eigenvalue weighted by molar-refractivity contribution is 7.91. The molecule has 0 N–H and O–H groups in total. The molecule has 0 saturated carbocycles. The van der Waals surface area contributed by atoms with E-state index in [-0.39, 0.29) is 0 Å². The Balaban J connectivity index is 1.56. The number of hydrogen-bond acceptors (Lipinski definition) is 7. The van der Waals surface area contributed by atoms with Crippen LogP contribution in [0.25, 0.3) is 0 Å². The fourth-order valence-electron chi connectivity index (χ4n) is 2.54. The van der Waals surface area contributed by atoms with Crippen molar-refractivity contribution in [3.8, 4) is 0 Å². The van der Waals surface area contributed by atoms with E-state index in [0.29, 0.717) is 42.8 Å². The Labute approximate surface area is 140 Å². The fourth-order valence-corrected chi connectivity index (χ4v) is 5.10. The van der Waals surface area contributed by atoms with Crippen LogP contribution in [0.15, 0.2) is 26.2 Å². The number of aryl methyl sites for hydroxylation is 1. The predicted molar refractivity (Wildman–Crippen MR) is 86.6 cm³/mol. The second-order valence-corrected chi connectivity index (χ2v) is 8.58. The summed E-state index contributed by atoms with van der Waals surface area (Å²) >= 11 is 1.26. The van der Waals surface area contributed by atoms with Gasteiger partial charge in [-0.25, -0.2) is 8.42 Å². The van der Waals surface area contributed by atoms with Crippen LogP contribution in [0.4, 0.5) is 0 Å². The Morgan fingerprint density at radius 2 is 2.09 bits per heavy atom. The van der Waals surface area contributed by atoms with Crippen LogP contribution in [0, 0.1) is 0 Å². The topological polar surface area (TPSA) is 79.5 Å². The van der Waals surface area contributed by atoms with Crippen LogP contribution in [0.1, 0.15) is 25.1 Å². The Kier molecular flexibility index (Phi) is 5.10. The van der Waals surface area contributed by atoms with Gasteiger partial charge in [0, 0.05) is 32.6 Å². The normalized spacial score (nSPS) is 17.6. The molecule has 0 amide bonds. The lowest BCUT2D eigenvalue weighted by Gasteiger charge is -2.32. The molecule has 1 fully saturated rings. The van der Waals surface area contributed by atoms with Gasteiger partial charge in [-0.1, -0.05) is 18.1 Å². The summed E-state index contributed by atoms with van der Waals surface area (Å²) in [5, 5.41) is 5.73. The monoisotopic (exact) mass is 356 g/mol. The summed E-state index contributed by atoms with van der Waals surface area (Å²) in [4.78, 5) is 6.50. The molecular formula is C14H20N4O3S2. The van der Waals surface area contributed by atoms with Gasteiger partial charge >= 0.3 is 0 Å². The quantitative estimate of drug-likeness (QED) is 0.782. The number of thiophene rings is 1. The highest BCUT2D eigenvalue weighted by Gasteiger charge is 2.29. The molecule has 0 bridgehead atoms. The molecule has 3 rings (SSSR count). The maximum Gasteiger partial charge on any atom is 0.252 e. The molecule has 0 unspecified atom stereocenters. The Morgan fingerprint density at radius 1 is 1.30 bits per heavy atom. The molecule has 3 heterocycles.